The van der Waals surface area contributed by atoms with Crippen LogP contribution >= 0.6 is 15.9 Å². The van der Waals surface area contributed by atoms with E-state index in [1.165, 1.54) is 12.1 Å². The number of hydrogen-bond donors (Lipinski definition) is 1. The molecule has 1 aromatic carbocycles. The van der Waals surface area contributed by atoms with E-state index in [1.54, 1.807) is 25.3 Å². The Balaban J connectivity index is 2.79. The Kier molecular flexibility index (Phi) is 5.30. The highest BCUT2D eigenvalue weighted by Crippen LogP contribution is 2.15. The second-order valence-electron chi connectivity index (χ2n) is 3.62. The fourth-order valence-corrected chi connectivity index (χ4v) is 3.21. The Morgan fingerprint density at radius 3 is 2.65 bits per heavy atom. The molecule has 1 rings (SSSR count). The molecular formula is C10H14BrNO3S2. The summed E-state index contributed by atoms with van der Waals surface area (Å²) in [5, 5.41) is -0.211. The topological polar surface area (TPSA) is 63.2 Å². The molecule has 4 nitrogen and oxygen atoms in total. The van der Waals surface area contributed by atoms with Gasteiger partial charge in [-0.1, -0.05) is 22.0 Å². The van der Waals surface area contributed by atoms with Crippen molar-refractivity contribution in [3.05, 3.63) is 28.7 Å². The van der Waals surface area contributed by atoms with Gasteiger partial charge in [0.25, 0.3) is 0 Å². The molecule has 0 aromatic heterocycles. The van der Waals surface area contributed by atoms with Gasteiger partial charge >= 0.3 is 0 Å². The predicted molar refractivity (Wildman–Crippen MR) is 72.9 cm³/mol. The molecule has 0 saturated carbocycles. The van der Waals surface area contributed by atoms with Crippen molar-refractivity contribution < 1.29 is 12.6 Å². The fraction of sp³-hybridized carbons (Fsp3) is 0.400. The molecule has 2 atom stereocenters. The van der Waals surface area contributed by atoms with Crippen LogP contribution < -0.4 is 4.72 Å². The summed E-state index contributed by atoms with van der Waals surface area (Å²) in [5.41, 5.74) is 0. The zero-order valence-corrected chi connectivity index (χ0v) is 12.7. The van der Waals surface area contributed by atoms with Crippen LogP contribution in [0.25, 0.3) is 0 Å². The minimum atomic E-state index is -3.53. The number of halogens is 1. The van der Waals surface area contributed by atoms with Crippen molar-refractivity contribution >= 4 is 36.8 Å². The van der Waals surface area contributed by atoms with Crippen LogP contribution in [0.3, 0.4) is 0 Å². The van der Waals surface area contributed by atoms with Gasteiger partial charge in [-0.3, -0.25) is 4.21 Å². The van der Waals surface area contributed by atoms with Crippen LogP contribution in [-0.4, -0.2) is 30.7 Å². The SMILES string of the molecule is CC(CNS(=O)(=O)c1cccc(Br)c1)S(C)=O. The van der Waals surface area contributed by atoms with E-state index < -0.39 is 20.8 Å². The highest BCUT2D eigenvalue weighted by molar-refractivity contribution is 9.10. The largest absolute Gasteiger partial charge is 0.260 e. The average Bonchev–Trinajstić information content (AvgIpc) is 2.26. The fourth-order valence-electron chi connectivity index (χ4n) is 1.06. The molecule has 0 fully saturated rings. The number of benzene rings is 1. The second-order valence-corrected chi connectivity index (χ2v) is 8.10. The first kappa shape index (κ1) is 14.8. The Morgan fingerprint density at radius 2 is 2.12 bits per heavy atom. The second kappa shape index (κ2) is 6.08. The predicted octanol–water partition coefficient (Wildman–Crippen LogP) is 1.49. The maximum absolute atomic E-state index is 11.9. The first-order valence-electron chi connectivity index (χ1n) is 4.90. The molecule has 17 heavy (non-hydrogen) atoms. The van der Waals surface area contributed by atoms with Crippen LogP contribution in [0.2, 0.25) is 0 Å². The van der Waals surface area contributed by atoms with Crippen molar-refractivity contribution in [1.82, 2.24) is 4.72 Å². The van der Waals surface area contributed by atoms with Crippen molar-refractivity contribution in [2.75, 3.05) is 12.8 Å². The highest BCUT2D eigenvalue weighted by Gasteiger charge is 2.16. The van der Waals surface area contributed by atoms with E-state index in [2.05, 4.69) is 20.7 Å². The zero-order valence-electron chi connectivity index (χ0n) is 9.51. The van der Waals surface area contributed by atoms with Crippen LogP contribution in [0.5, 0.6) is 0 Å². The molecule has 0 aliphatic rings. The smallest absolute Gasteiger partial charge is 0.240 e. The third kappa shape index (κ3) is 4.50. The van der Waals surface area contributed by atoms with Crippen molar-refractivity contribution in [1.29, 1.82) is 0 Å². The lowest BCUT2D eigenvalue weighted by Gasteiger charge is -2.10. The van der Waals surface area contributed by atoms with E-state index in [4.69, 9.17) is 0 Å². The molecule has 0 aliphatic carbocycles. The third-order valence-corrected chi connectivity index (χ3v) is 5.45. The van der Waals surface area contributed by atoms with Gasteiger partial charge in [0.1, 0.15) is 0 Å². The van der Waals surface area contributed by atoms with Crippen molar-refractivity contribution in [3.63, 3.8) is 0 Å². The Bertz CT molecular complexity index is 516. The standard InChI is InChI=1S/C10H14BrNO3S2/c1-8(16(2)13)7-12-17(14,15)10-5-3-4-9(11)6-10/h3-6,8,12H,7H2,1-2H3. The van der Waals surface area contributed by atoms with E-state index >= 15 is 0 Å². The van der Waals surface area contributed by atoms with Crippen molar-refractivity contribution in [2.24, 2.45) is 0 Å². The molecule has 0 heterocycles. The van der Waals surface area contributed by atoms with E-state index in [1.807, 2.05) is 0 Å². The summed E-state index contributed by atoms with van der Waals surface area (Å²) < 4.78 is 38.0. The minimum absolute atomic E-state index is 0.165. The van der Waals surface area contributed by atoms with Gasteiger partial charge in [0.05, 0.1) is 4.90 Å². The first-order valence-corrected chi connectivity index (χ1v) is 8.80. The van der Waals surface area contributed by atoms with Gasteiger partial charge < -0.3 is 0 Å². The summed E-state index contributed by atoms with van der Waals surface area (Å²) in [6.45, 7) is 1.90. The van der Waals surface area contributed by atoms with Crippen molar-refractivity contribution in [2.45, 2.75) is 17.1 Å². The summed E-state index contributed by atoms with van der Waals surface area (Å²) >= 11 is 3.22. The molecular weight excluding hydrogens is 326 g/mol. The summed E-state index contributed by atoms with van der Waals surface area (Å²) in [6, 6.07) is 6.44. The molecule has 0 bridgehead atoms. The normalized spacial score (nSPS) is 15.5. The minimum Gasteiger partial charge on any atom is -0.260 e. The summed E-state index contributed by atoms with van der Waals surface area (Å²) in [7, 11) is -4.57. The van der Waals surface area contributed by atoms with Crippen molar-refractivity contribution in [3.8, 4) is 0 Å². The number of sulfonamides is 1. The molecule has 0 spiro atoms. The maximum atomic E-state index is 11.9. The molecule has 0 aliphatic heterocycles. The van der Waals surface area contributed by atoms with Crippen LogP contribution in [0.15, 0.2) is 33.6 Å². The van der Waals surface area contributed by atoms with Crippen LogP contribution in [0.1, 0.15) is 6.92 Å². The van der Waals surface area contributed by atoms with E-state index in [9.17, 15) is 12.6 Å². The molecule has 0 saturated heterocycles. The maximum Gasteiger partial charge on any atom is 0.240 e. The van der Waals surface area contributed by atoms with Gasteiger partial charge in [-0.15, -0.1) is 0 Å². The summed E-state index contributed by atoms with van der Waals surface area (Å²) in [5.74, 6) is 0. The average molecular weight is 340 g/mol. The Hall–Kier alpha value is -0.240. The van der Waals surface area contributed by atoms with E-state index in [0.717, 1.165) is 0 Å². The Labute approximate surface area is 112 Å². The first-order chi connectivity index (χ1) is 7.83. The van der Waals surface area contributed by atoms with Crippen LogP contribution in [-0.2, 0) is 20.8 Å². The van der Waals surface area contributed by atoms with Gasteiger partial charge in [0.15, 0.2) is 0 Å². The van der Waals surface area contributed by atoms with E-state index in [-0.39, 0.29) is 16.7 Å². The molecule has 2 unspecified atom stereocenters. The summed E-state index contributed by atoms with van der Waals surface area (Å²) in [4.78, 5) is 0.195. The molecule has 96 valence electrons. The number of rotatable bonds is 5. The zero-order chi connectivity index (χ0) is 13.1. The Morgan fingerprint density at radius 1 is 1.47 bits per heavy atom. The molecule has 1 N–H and O–H groups in total. The quantitative estimate of drug-likeness (QED) is 0.883. The lowest BCUT2D eigenvalue weighted by Crippen LogP contribution is -2.32. The van der Waals surface area contributed by atoms with E-state index in [0.29, 0.717) is 4.47 Å². The van der Waals surface area contributed by atoms with Gasteiger partial charge in [-0.25, -0.2) is 13.1 Å². The van der Waals surface area contributed by atoms with Gasteiger partial charge in [-0.05, 0) is 25.1 Å². The lowest BCUT2D eigenvalue weighted by molar-refractivity contribution is 0.580. The van der Waals surface area contributed by atoms with Gasteiger partial charge in [0, 0.05) is 33.3 Å². The third-order valence-electron chi connectivity index (χ3n) is 2.23. The number of nitrogens with one attached hydrogen (secondary N) is 1. The monoisotopic (exact) mass is 339 g/mol. The molecule has 1 aromatic rings. The summed E-state index contributed by atoms with van der Waals surface area (Å²) in [6.07, 6.45) is 1.55. The molecule has 0 amide bonds. The van der Waals surface area contributed by atoms with Crippen LogP contribution in [0, 0.1) is 0 Å². The molecule has 7 heteroatoms. The van der Waals surface area contributed by atoms with Crippen LogP contribution in [0.4, 0.5) is 0 Å². The van der Waals surface area contributed by atoms with Gasteiger partial charge in [0.2, 0.25) is 10.0 Å². The molecule has 0 radical (unpaired) electrons. The van der Waals surface area contributed by atoms with Gasteiger partial charge in [-0.2, -0.15) is 0 Å². The highest BCUT2D eigenvalue weighted by atomic mass is 79.9. The lowest BCUT2D eigenvalue weighted by atomic mass is 10.4. The number of hydrogen-bond acceptors (Lipinski definition) is 3.